The minimum Gasteiger partial charge on any atom is -0.452 e. The van der Waals surface area contributed by atoms with Gasteiger partial charge in [-0.25, -0.2) is 9.48 Å². The van der Waals surface area contributed by atoms with Gasteiger partial charge in [0.05, 0.1) is 27.7 Å². The number of hydrogen-bond donors (Lipinski definition) is 1. The predicted molar refractivity (Wildman–Crippen MR) is 101 cm³/mol. The Morgan fingerprint density at radius 2 is 1.81 bits per heavy atom. The third-order valence-corrected chi connectivity index (χ3v) is 4.82. The molecule has 2 aromatic rings. The highest BCUT2D eigenvalue weighted by Gasteiger charge is 2.15. The van der Waals surface area contributed by atoms with E-state index in [4.69, 9.17) is 16.3 Å². The summed E-state index contributed by atoms with van der Waals surface area (Å²) in [6.07, 6.45) is 0. The average molecular weight is 378 g/mol. The van der Waals surface area contributed by atoms with Crippen LogP contribution in [0.2, 0.25) is 5.02 Å². The van der Waals surface area contributed by atoms with Crippen LogP contribution in [0.1, 0.15) is 42.5 Å². The predicted octanol–water partition coefficient (Wildman–Crippen LogP) is 3.46. The molecule has 7 heteroatoms. The second-order valence-electron chi connectivity index (χ2n) is 6.62. The normalized spacial score (nSPS) is 12.1. The van der Waals surface area contributed by atoms with Gasteiger partial charge in [-0.15, -0.1) is 0 Å². The molecular weight excluding hydrogens is 354 g/mol. The lowest BCUT2D eigenvalue weighted by atomic mass is 10.1. The van der Waals surface area contributed by atoms with E-state index in [2.05, 4.69) is 10.4 Å². The van der Waals surface area contributed by atoms with Crippen molar-refractivity contribution in [3.05, 3.63) is 46.2 Å². The fourth-order valence-corrected chi connectivity index (χ4v) is 2.41. The Morgan fingerprint density at radius 3 is 2.31 bits per heavy atom. The van der Waals surface area contributed by atoms with Gasteiger partial charge in [-0.1, -0.05) is 25.4 Å². The molecule has 1 aromatic carbocycles. The minimum absolute atomic E-state index is 0.0214. The standard InChI is InChI=1S/C19H24ClN3O3/c1-11(2)12(3)21-17(24)10-26-19(25)15-6-8-16(9-7-15)23-14(5)18(20)13(4)22-23/h6-9,11-12H,10H2,1-5H3,(H,21,24). The van der Waals surface area contributed by atoms with E-state index in [1.165, 1.54) is 0 Å². The number of halogens is 1. The molecule has 1 aromatic heterocycles. The van der Waals surface area contributed by atoms with Crippen LogP contribution in [-0.4, -0.2) is 34.3 Å². The topological polar surface area (TPSA) is 73.2 Å². The Morgan fingerprint density at radius 1 is 1.19 bits per heavy atom. The molecule has 6 nitrogen and oxygen atoms in total. The van der Waals surface area contributed by atoms with Crippen molar-refractivity contribution in [2.75, 3.05) is 6.61 Å². The van der Waals surface area contributed by atoms with Gasteiger partial charge in [-0.2, -0.15) is 5.10 Å². The zero-order chi connectivity index (χ0) is 19.4. The maximum absolute atomic E-state index is 12.1. The molecule has 0 radical (unpaired) electrons. The van der Waals surface area contributed by atoms with Crippen molar-refractivity contribution >= 4 is 23.5 Å². The Hall–Kier alpha value is -2.34. The summed E-state index contributed by atoms with van der Waals surface area (Å²) in [6, 6.07) is 6.81. The third-order valence-electron chi connectivity index (χ3n) is 4.27. The van der Waals surface area contributed by atoms with Crippen LogP contribution in [0.15, 0.2) is 24.3 Å². The molecule has 0 aliphatic heterocycles. The lowest BCUT2D eigenvalue weighted by molar-refractivity contribution is -0.125. The van der Waals surface area contributed by atoms with E-state index in [0.29, 0.717) is 16.5 Å². The van der Waals surface area contributed by atoms with Crippen LogP contribution in [-0.2, 0) is 9.53 Å². The number of nitrogens with one attached hydrogen (secondary N) is 1. The van der Waals surface area contributed by atoms with Gasteiger partial charge in [0, 0.05) is 6.04 Å². The van der Waals surface area contributed by atoms with Crippen molar-refractivity contribution in [3.63, 3.8) is 0 Å². The molecule has 1 N–H and O–H groups in total. The molecule has 0 saturated heterocycles. The van der Waals surface area contributed by atoms with Crippen molar-refractivity contribution in [2.45, 2.75) is 40.7 Å². The lowest BCUT2D eigenvalue weighted by Gasteiger charge is -2.17. The molecule has 0 aliphatic carbocycles. The van der Waals surface area contributed by atoms with Crippen LogP contribution in [0.4, 0.5) is 0 Å². The molecule has 0 saturated carbocycles. The summed E-state index contributed by atoms with van der Waals surface area (Å²) in [4.78, 5) is 23.9. The summed E-state index contributed by atoms with van der Waals surface area (Å²) in [5.41, 5.74) is 2.73. The number of nitrogens with zero attached hydrogens (tertiary/aromatic N) is 2. The first-order chi connectivity index (χ1) is 12.2. The first-order valence-electron chi connectivity index (χ1n) is 8.49. The third kappa shape index (κ3) is 4.64. The summed E-state index contributed by atoms with van der Waals surface area (Å²) < 4.78 is 6.78. The first kappa shape index (κ1) is 20.0. The van der Waals surface area contributed by atoms with E-state index >= 15 is 0 Å². The molecule has 1 atom stereocenters. The van der Waals surface area contributed by atoms with Crippen LogP contribution in [0.3, 0.4) is 0 Å². The smallest absolute Gasteiger partial charge is 0.338 e. The number of ether oxygens (including phenoxy) is 1. The highest BCUT2D eigenvalue weighted by molar-refractivity contribution is 6.31. The number of aryl methyl sites for hydroxylation is 1. The maximum Gasteiger partial charge on any atom is 0.338 e. The quantitative estimate of drug-likeness (QED) is 0.782. The molecule has 0 bridgehead atoms. The van der Waals surface area contributed by atoms with Gasteiger partial charge in [0.25, 0.3) is 5.91 Å². The van der Waals surface area contributed by atoms with Crippen molar-refractivity contribution in [2.24, 2.45) is 5.92 Å². The Labute approximate surface area is 158 Å². The second-order valence-corrected chi connectivity index (χ2v) is 7.00. The number of esters is 1. The van der Waals surface area contributed by atoms with Crippen LogP contribution >= 0.6 is 11.6 Å². The number of hydrogen-bond acceptors (Lipinski definition) is 4. The molecule has 0 spiro atoms. The Balaban J connectivity index is 1.98. The van der Waals surface area contributed by atoms with Gasteiger partial charge in [-0.05, 0) is 51.0 Å². The SMILES string of the molecule is Cc1nn(-c2ccc(C(=O)OCC(=O)NC(C)C(C)C)cc2)c(C)c1Cl. The minimum atomic E-state index is -0.546. The fourth-order valence-electron chi connectivity index (χ4n) is 2.29. The molecule has 26 heavy (non-hydrogen) atoms. The number of benzene rings is 1. The van der Waals surface area contributed by atoms with Crippen LogP contribution in [0.25, 0.3) is 5.69 Å². The summed E-state index contributed by atoms with van der Waals surface area (Å²) in [5.74, 6) is -0.547. The zero-order valence-electron chi connectivity index (χ0n) is 15.7. The van der Waals surface area contributed by atoms with Crippen molar-refractivity contribution in [3.8, 4) is 5.69 Å². The number of amides is 1. The van der Waals surface area contributed by atoms with Crippen molar-refractivity contribution in [1.29, 1.82) is 0 Å². The monoisotopic (exact) mass is 377 g/mol. The number of carbonyl (C=O) groups excluding carboxylic acids is 2. The van der Waals surface area contributed by atoms with Gasteiger partial charge in [0.2, 0.25) is 0 Å². The lowest BCUT2D eigenvalue weighted by Crippen LogP contribution is -2.38. The Bertz CT molecular complexity index is 797. The molecule has 0 aliphatic rings. The first-order valence-corrected chi connectivity index (χ1v) is 8.87. The molecule has 2 rings (SSSR count). The summed E-state index contributed by atoms with van der Waals surface area (Å²) >= 11 is 6.16. The summed E-state index contributed by atoms with van der Waals surface area (Å²) in [7, 11) is 0. The molecule has 0 fully saturated rings. The van der Waals surface area contributed by atoms with E-state index in [1.807, 2.05) is 34.6 Å². The van der Waals surface area contributed by atoms with Crippen LogP contribution in [0, 0.1) is 19.8 Å². The number of carbonyl (C=O) groups is 2. The van der Waals surface area contributed by atoms with Gasteiger partial charge in [0.1, 0.15) is 0 Å². The molecule has 1 unspecified atom stereocenters. The highest BCUT2D eigenvalue weighted by atomic mass is 35.5. The van der Waals surface area contributed by atoms with E-state index in [1.54, 1.807) is 28.9 Å². The summed E-state index contributed by atoms with van der Waals surface area (Å²) in [6.45, 7) is 9.34. The fraction of sp³-hybridized carbons (Fsp3) is 0.421. The molecule has 140 valence electrons. The van der Waals surface area contributed by atoms with Crippen molar-refractivity contribution in [1.82, 2.24) is 15.1 Å². The average Bonchev–Trinajstić information content (AvgIpc) is 2.87. The van der Waals surface area contributed by atoms with Crippen LogP contribution < -0.4 is 5.32 Å². The second kappa shape index (κ2) is 8.36. The number of rotatable bonds is 6. The maximum atomic E-state index is 12.1. The zero-order valence-corrected chi connectivity index (χ0v) is 16.4. The molecule has 1 amide bonds. The van der Waals surface area contributed by atoms with Gasteiger partial charge >= 0.3 is 5.97 Å². The van der Waals surface area contributed by atoms with E-state index in [-0.39, 0.29) is 18.6 Å². The molecular formula is C19H24ClN3O3. The van der Waals surface area contributed by atoms with Gasteiger partial charge < -0.3 is 10.1 Å². The van der Waals surface area contributed by atoms with E-state index in [9.17, 15) is 9.59 Å². The Kier molecular flexibility index (Phi) is 6.42. The number of aromatic nitrogens is 2. The van der Waals surface area contributed by atoms with Gasteiger partial charge in [-0.3, -0.25) is 4.79 Å². The summed E-state index contributed by atoms with van der Waals surface area (Å²) in [5, 5.41) is 7.78. The molecule has 1 heterocycles. The van der Waals surface area contributed by atoms with Gasteiger partial charge in [0.15, 0.2) is 6.61 Å². The van der Waals surface area contributed by atoms with E-state index in [0.717, 1.165) is 17.1 Å². The highest BCUT2D eigenvalue weighted by Crippen LogP contribution is 2.22. The largest absolute Gasteiger partial charge is 0.452 e. The van der Waals surface area contributed by atoms with Crippen molar-refractivity contribution < 1.29 is 14.3 Å². The van der Waals surface area contributed by atoms with E-state index < -0.39 is 5.97 Å². The van der Waals surface area contributed by atoms with Crippen LogP contribution in [0.5, 0.6) is 0 Å².